The Labute approximate surface area is 189 Å². The van der Waals surface area contributed by atoms with Crippen LogP contribution in [-0.2, 0) is 0 Å². The molecule has 4 aromatic carbocycles. The molecule has 0 aliphatic heterocycles. The summed E-state index contributed by atoms with van der Waals surface area (Å²) in [6.45, 7) is 0. The van der Waals surface area contributed by atoms with Crippen LogP contribution in [0.3, 0.4) is 0 Å². The molecule has 0 aliphatic carbocycles. The smallest absolute Gasteiger partial charge is 0.357 e. The molecule has 0 unspecified atom stereocenters. The van der Waals surface area contributed by atoms with Crippen molar-refractivity contribution in [3.63, 3.8) is 0 Å². The van der Waals surface area contributed by atoms with Gasteiger partial charge in [0.05, 0.1) is 0 Å². The van der Waals surface area contributed by atoms with Crippen molar-refractivity contribution in [1.29, 1.82) is 0 Å². The minimum atomic E-state index is -0.211. The van der Waals surface area contributed by atoms with E-state index in [2.05, 4.69) is 48.5 Å². The molecular formula is C24H18IO2S2+. The molecule has 0 aromatic heterocycles. The van der Waals surface area contributed by atoms with E-state index in [4.69, 9.17) is 0 Å². The van der Waals surface area contributed by atoms with Crippen LogP contribution >= 0.6 is 23.5 Å². The van der Waals surface area contributed by atoms with E-state index in [0.717, 1.165) is 9.79 Å². The molecule has 0 atom stereocenters. The van der Waals surface area contributed by atoms with E-state index in [0.29, 0.717) is 11.5 Å². The highest BCUT2D eigenvalue weighted by Gasteiger charge is 2.15. The zero-order valence-electron chi connectivity index (χ0n) is 15.3. The number of phenolic OH excluding ortho intramolecular Hbond substituents is 2. The molecular weight excluding hydrogens is 511 g/mol. The Bertz CT molecular complexity index is 973. The maximum atomic E-state index is 9.38. The van der Waals surface area contributed by atoms with Gasteiger partial charge < -0.3 is 10.2 Å². The third-order valence-corrected chi connectivity index (χ3v) is 8.71. The highest BCUT2D eigenvalue weighted by Crippen LogP contribution is 2.29. The fourth-order valence-electron chi connectivity index (χ4n) is 2.56. The number of phenols is 2. The van der Waals surface area contributed by atoms with Gasteiger partial charge >= 0.3 is 21.2 Å². The van der Waals surface area contributed by atoms with Gasteiger partial charge in [0.15, 0.2) is 7.14 Å². The SMILES string of the molecule is Oc1ccc(Sc2ccc([I+]c3ccc(Sc4ccc(O)cc4)cc3)cc2)cc1. The fraction of sp³-hybridized carbons (Fsp3) is 0. The van der Waals surface area contributed by atoms with E-state index in [1.807, 2.05) is 24.3 Å². The summed E-state index contributed by atoms with van der Waals surface area (Å²) in [7, 11) is 0. The van der Waals surface area contributed by atoms with E-state index in [9.17, 15) is 10.2 Å². The van der Waals surface area contributed by atoms with E-state index in [1.54, 1.807) is 47.8 Å². The van der Waals surface area contributed by atoms with Crippen LogP contribution in [0.1, 0.15) is 0 Å². The second kappa shape index (κ2) is 9.61. The molecule has 0 aliphatic rings. The molecule has 0 heterocycles. The highest BCUT2D eigenvalue weighted by atomic mass is 127. The molecule has 144 valence electrons. The fourth-order valence-corrected chi connectivity index (χ4v) is 6.35. The van der Waals surface area contributed by atoms with Crippen LogP contribution in [0.25, 0.3) is 0 Å². The Kier molecular flexibility index (Phi) is 6.69. The molecule has 0 amide bonds. The Balaban J connectivity index is 1.36. The average molecular weight is 529 g/mol. The summed E-state index contributed by atoms with van der Waals surface area (Å²) in [5.74, 6) is 0.587. The molecule has 0 saturated carbocycles. The van der Waals surface area contributed by atoms with Gasteiger partial charge in [-0.2, -0.15) is 0 Å². The van der Waals surface area contributed by atoms with Gasteiger partial charge in [-0.15, -0.1) is 0 Å². The first-order chi connectivity index (χ1) is 14.1. The highest BCUT2D eigenvalue weighted by molar-refractivity contribution is 7.99. The third-order valence-electron chi connectivity index (χ3n) is 3.99. The van der Waals surface area contributed by atoms with Gasteiger partial charge in [0.2, 0.25) is 0 Å². The number of hydrogen-bond donors (Lipinski definition) is 2. The van der Waals surface area contributed by atoms with Crippen LogP contribution < -0.4 is 21.2 Å². The Hall–Kier alpha value is -2.09. The largest absolute Gasteiger partial charge is 0.508 e. The summed E-state index contributed by atoms with van der Waals surface area (Å²) >= 11 is 3.18. The molecule has 29 heavy (non-hydrogen) atoms. The maximum absolute atomic E-state index is 9.38. The standard InChI is InChI=1S/C24H17IO2S2/c26-19-5-13-23(14-6-19)28-21-9-1-17(2-10-21)25-18-3-11-22(12-4-18)29-24-15-7-20(27)8-16-24/h1-16H,(H-,26,27)/p+1. The summed E-state index contributed by atoms with van der Waals surface area (Å²) in [5, 5.41) is 18.8. The van der Waals surface area contributed by atoms with Gasteiger partial charge in [0, 0.05) is 19.6 Å². The number of hydrogen-bond acceptors (Lipinski definition) is 4. The summed E-state index contributed by atoms with van der Waals surface area (Å²) in [6, 6.07) is 32.1. The predicted octanol–water partition coefficient (Wildman–Crippen LogP) is 3.53. The predicted molar refractivity (Wildman–Crippen MR) is 115 cm³/mol. The van der Waals surface area contributed by atoms with E-state index >= 15 is 0 Å². The molecule has 2 nitrogen and oxygen atoms in total. The number of rotatable bonds is 6. The number of halogens is 1. The molecule has 4 rings (SSSR count). The van der Waals surface area contributed by atoms with Gasteiger partial charge in [0.1, 0.15) is 11.5 Å². The molecule has 0 saturated heterocycles. The van der Waals surface area contributed by atoms with Gasteiger partial charge in [-0.3, -0.25) is 0 Å². The summed E-state index contributed by atoms with van der Waals surface area (Å²) < 4.78 is 2.77. The van der Waals surface area contributed by atoms with Crippen LogP contribution in [0, 0.1) is 7.14 Å². The monoisotopic (exact) mass is 529 g/mol. The second-order valence-corrected chi connectivity index (χ2v) is 11.5. The zero-order chi connectivity index (χ0) is 20.1. The van der Waals surface area contributed by atoms with Crippen molar-refractivity contribution in [2.45, 2.75) is 19.6 Å². The van der Waals surface area contributed by atoms with E-state index in [-0.39, 0.29) is 21.2 Å². The van der Waals surface area contributed by atoms with Gasteiger partial charge in [-0.1, -0.05) is 23.5 Å². The zero-order valence-corrected chi connectivity index (χ0v) is 19.1. The molecule has 2 N–H and O–H groups in total. The van der Waals surface area contributed by atoms with E-state index in [1.165, 1.54) is 16.9 Å². The van der Waals surface area contributed by atoms with Crippen molar-refractivity contribution in [3.05, 3.63) is 104 Å². The molecule has 4 aromatic rings. The van der Waals surface area contributed by atoms with Gasteiger partial charge in [-0.05, 0) is 97.1 Å². The quantitative estimate of drug-likeness (QED) is 0.375. The van der Waals surface area contributed by atoms with Crippen LogP contribution in [0.5, 0.6) is 11.5 Å². The van der Waals surface area contributed by atoms with Crippen LogP contribution in [0.4, 0.5) is 0 Å². The Morgan fingerprint density at radius 2 is 0.690 bits per heavy atom. The van der Waals surface area contributed by atoms with Crippen molar-refractivity contribution < 1.29 is 31.4 Å². The van der Waals surface area contributed by atoms with Crippen molar-refractivity contribution in [2.24, 2.45) is 0 Å². The maximum Gasteiger partial charge on any atom is 0.357 e. The second-order valence-electron chi connectivity index (χ2n) is 6.19. The lowest BCUT2D eigenvalue weighted by Gasteiger charge is -2.02. The molecule has 0 spiro atoms. The summed E-state index contributed by atoms with van der Waals surface area (Å²) in [5.41, 5.74) is 0. The molecule has 5 heteroatoms. The topological polar surface area (TPSA) is 40.5 Å². The number of aromatic hydroxyl groups is 2. The Morgan fingerprint density at radius 1 is 0.414 bits per heavy atom. The minimum absolute atomic E-state index is 0.211. The first kappa shape index (κ1) is 20.2. The van der Waals surface area contributed by atoms with Gasteiger partial charge in [-0.25, -0.2) is 0 Å². The Morgan fingerprint density at radius 3 is 1.00 bits per heavy atom. The van der Waals surface area contributed by atoms with Crippen LogP contribution in [0.2, 0.25) is 0 Å². The first-order valence-electron chi connectivity index (χ1n) is 8.93. The first-order valence-corrected chi connectivity index (χ1v) is 12.7. The summed E-state index contributed by atoms with van der Waals surface area (Å²) in [6.07, 6.45) is 0. The van der Waals surface area contributed by atoms with Crippen LogP contribution in [0.15, 0.2) is 117 Å². The molecule has 0 radical (unpaired) electrons. The van der Waals surface area contributed by atoms with Crippen molar-refractivity contribution in [2.75, 3.05) is 0 Å². The minimum Gasteiger partial charge on any atom is -0.508 e. The van der Waals surface area contributed by atoms with Gasteiger partial charge in [0.25, 0.3) is 0 Å². The molecule has 0 bridgehead atoms. The normalized spacial score (nSPS) is 10.8. The lowest BCUT2D eigenvalue weighted by molar-refractivity contribution is -0.597. The lowest BCUT2D eigenvalue weighted by atomic mass is 10.3. The van der Waals surface area contributed by atoms with E-state index < -0.39 is 0 Å². The van der Waals surface area contributed by atoms with Crippen LogP contribution in [-0.4, -0.2) is 10.2 Å². The average Bonchev–Trinajstić information content (AvgIpc) is 2.74. The van der Waals surface area contributed by atoms with Crippen molar-refractivity contribution in [1.82, 2.24) is 0 Å². The van der Waals surface area contributed by atoms with Crippen molar-refractivity contribution >= 4 is 23.5 Å². The lowest BCUT2D eigenvalue weighted by Crippen LogP contribution is -3.61. The third kappa shape index (κ3) is 5.95. The van der Waals surface area contributed by atoms with Crippen molar-refractivity contribution in [3.8, 4) is 11.5 Å². The molecule has 0 fully saturated rings. The summed E-state index contributed by atoms with van der Waals surface area (Å²) in [4.78, 5) is 4.63. The number of benzene rings is 4.